The lowest BCUT2D eigenvalue weighted by Crippen LogP contribution is -1.95. The number of para-hydroxylation sites is 2. The monoisotopic (exact) mass is 205 g/mol. The first-order valence-corrected chi connectivity index (χ1v) is 4.39. The molecule has 1 N–H and O–H groups in total. The van der Waals surface area contributed by atoms with E-state index < -0.39 is 4.92 Å². The number of benzene rings is 1. The minimum Gasteiger partial charge on any atom is -0.272 e. The molecule has 5 heteroatoms. The van der Waals surface area contributed by atoms with Gasteiger partial charge in [0.1, 0.15) is 5.69 Å². The van der Waals surface area contributed by atoms with Crippen LogP contribution in [0.15, 0.2) is 41.5 Å². The van der Waals surface area contributed by atoms with Crippen LogP contribution in [-0.2, 0) is 0 Å². The van der Waals surface area contributed by atoms with Gasteiger partial charge in [-0.2, -0.15) is 5.10 Å². The second-order valence-corrected chi connectivity index (χ2v) is 2.69. The average molecular weight is 205 g/mol. The molecule has 0 bridgehead atoms. The molecule has 1 aromatic carbocycles. The Kier molecular flexibility index (Phi) is 4.03. The maximum atomic E-state index is 10.6. The largest absolute Gasteiger partial charge is 0.294 e. The fourth-order valence-electron chi connectivity index (χ4n) is 0.963. The molecule has 78 valence electrons. The molecule has 5 nitrogen and oxygen atoms in total. The molecule has 0 aromatic heterocycles. The molecule has 15 heavy (non-hydrogen) atoms. The molecule has 0 aliphatic carbocycles. The summed E-state index contributed by atoms with van der Waals surface area (Å²) in [5, 5.41) is 14.4. The maximum absolute atomic E-state index is 10.6. The second-order valence-electron chi connectivity index (χ2n) is 2.69. The standard InChI is InChI=1S/C10H11N3O2/c1-2-3-8-11-12-9-6-4-5-7-10(9)13(14)15/h2-8,12H,1H3/b3-2+,11-8+. The smallest absolute Gasteiger partial charge is 0.272 e. The van der Waals surface area contributed by atoms with Crippen molar-refractivity contribution in [3.8, 4) is 0 Å². The summed E-state index contributed by atoms with van der Waals surface area (Å²) < 4.78 is 0. The van der Waals surface area contributed by atoms with E-state index in [1.54, 1.807) is 24.3 Å². The van der Waals surface area contributed by atoms with E-state index in [-0.39, 0.29) is 5.69 Å². The van der Waals surface area contributed by atoms with Crippen LogP contribution in [0.5, 0.6) is 0 Å². The number of hydrogen-bond donors (Lipinski definition) is 1. The Balaban J connectivity index is 2.80. The Morgan fingerprint density at radius 1 is 1.47 bits per heavy atom. The molecule has 0 radical (unpaired) electrons. The molecular formula is C10H11N3O2. The van der Waals surface area contributed by atoms with Gasteiger partial charge in [0.25, 0.3) is 5.69 Å². The molecule has 0 atom stereocenters. The number of allylic oxidation sites excluding steroid dienone is 2. The van der Waals surface area contributed by atoms with E-state index in [2.05, 4.69) is 10.5 Å². The molecule has 0 amide bonds. The number of nitro benzene ring substituents is 1. The highest BCUT2D eigenvalue weighted by molar-refractivity contribution is 5.72. The summed E-state index contributed by atoms with van der Waals surface area (Å²) in [4.78, 5) is 10.2. The Labute approximate surface area is 87.3 Å². The molecule has 0 unspecified atom stereocenters. The zero-order chi connectivity index (χ0) is 11.1. The van der Waals surface area contributed by atoms with Crippen molar-refractivity contribution >= 4 is 17.6 Å². The Bertz CT molecular complexity index is 399. The minimum atomic E-state index is -0.451. The van der Waals surface area contributed by atoms with E-state index in [9.17, 15) is 10.1 Å². The van der Waals surface area contributed by atoms with Gasteiger partial charge in [0, 0.05) is 12.3 Å². The van der Waals surface area contributed by atoms with Crippen LogP contribution < -0.4 is 5.43 Å². The molecule has 1 rings (SSSR count). The van der Waals surface area contributed by atoms with Crippen LogP contribution in [0.4, 0.5) is 11.4 Å². The number of nitro groups is 1. The van der Waals surface area contributed by atoms with Gasteiger partial charge in [0.05, 0.1) is 4.92 Å². The van der Waals surface area contributed by atoms with E-state index in [0.29, 0.717) is 5.69 Å². The Hall–Kier alpha value is -2.17. The molecule has 0 saturated carbocycles. The van der Waals surface area contributed by atoms with E-state index in [1.165, 1.54) is 12.3 Å². The van der Waals surface area contributed by atoms with Crippen molar-refractivity contribution in [1.29, 1.82) is 0 Å². The zero-order valence-electron chi connectivity index (χ0n) is 8.25. The van der Waals surface area contributed by atoms with Gasteiger partial charge in [-0.25, -0.2) is 0 Å². The Morgan fingerprint density at radius 3 is 2.87 bits per heavy atom. The molecule has 1 aromatic rings. The van der Waals surface area contributed by atoms with Gasteiger partial charge in [-0.3, -0.25) is 15.5 Å². The first-order chi connectivity index (χ1) is 7.25. The van der Waals surface area contributed by atoms with E-state index >= 15 is 0 Å². The number of rotatable bonds is 4. The summed E-state index contributed by atoms with van der Waals surface area (Å²) in [6, 6.07) is 6.35. The predicted octanol–water partition coefficient (Wildman–Crippen LogP) is 2.57. The number of nitrogens with zero attached hydrogens (tertiary/aromatic N) is 2. The van der Waals surface area contributed by atoms with Crippen molar-refractivity contribution in [1.82, 2.24) is 0 Å². The average Bonchev–Trinajstić information content (AvgIpc) is 2.25. The summed E-state index contributed by atoms with van der Waals surface area (Å²) >= 11 is 0. The predicted molar refractivity (Wildman–Crippen MR) is 60.0 cm³/mol. The third kappa shape index (κ3) is 3.22. The molecule has 0 aliphatic heterocycles. The van der Waals surface area contributed by atoms with Crippen LogP contribution in [0.25, 0.3) is 0 Å². The summed E-state index contributed by atoms with van der Waals surface area (Å²) in [6.07, 6.45) is 5.06. The van der Waals surface area contributed by atoms with Crippen LogP contribution in [0.1, 0.15) is 6.92 Å². The lowest BCUT2D eigenvalue weighted by molar-refractivity contribution is -0.384. The molecule has 0 fully saturated rings. The number of hydrogen-bond acceptors (Lipinski definition) is 4. The van der Waals surface area contributed by atoms with Crippen molar-refractivity contribution in [2.75, 3.05) is 5.43 Å². The van der Waals surface area contributed by atoms with Gasteiger partial charge >= 0.3 is 0 Å². The van der Waals surface area contributed by atoms with Crippen LogP contribution in [0.3, 0.4) is 0 Å². The van der Waals surface area contributed by atoms with Crippen LogP contribution in [0, 0.1) is 10.1 Å². The van der Waals surface area contributed by atoms with E-state index in [1.807, 2.05) is 13.0 Å². The van der Waals surface area contributed by atoms with Crippen molar-refractivity contribution in [3.63, 3.8) is 0 Å². The maximum Gasteiger partial charge on any atom is 0.294 e. The van der Waals surface area contributed by atoms with Crippen LogP contribution >= 0.6 is 0 Å². The SMILES string of the molecule is C/C=C/C=N/Nc1ccccc1[N+](=O)[O-]. The highest BCUT2D eigenvalue weighted by Crippen LogP contribution is 2.22. The number of nitrogens with one attached hydrogen (secondary N) is 1. The van der Waals surface area contributed by atoms with Gasteiger partial charge in [-0.1, -0.05) is 18.2 Å². The quantitative estimate of drug-likeness (QED) is 0.466. The third-order valence-electron chi connectivity index (χ3n) is 1.64. The first-order valence-electron chi connectivity index (χ1n) is 4.39. The highest BCUT2D eigenvalue weighted by atomic mass is 16.6. The van der Waals surface area contributed by atoms with Crippen molar-refractivity contribution in [2.45, 2.75) is 6.92 Å². The summed E-state index contributed by atoms with van der Waals surface area (Å²) in [5.41, 5.74) is 2.99. The molecular weight excluding hydrogens is 194 g/mol. The van der Waals surface area contributed by atoms with Crippen molar-refractivity contribution in [2.24, 2.45) is 5.10 Å². The van der Waals surface area contributed by atoms with Crippen molar-refractivity contribution in [3.05, 3.63) is 46.5 Å². The second kappa shape index (κ2) is 5.54. The normalized spacial score (nSPS) is 11.0. The van der Waals surface area contributed by atoms with Gasteiger partial charge in [0.15, 0.2) is 0 Å². The summed E-state index contributed by atoms with van der Waals surface area (Å²) in [7, 11) is 0. The molecule has 0 saturated heterocycles. The summed E-state index contributed by atoms with van der Waals surface area (Å²) in [6.45, 7) is 1.86. The fourth-order valence-corrected chi connectivity index (χ4v) is 0.963. The van der Waals surface area contributed by atoms with Gasteiger partial charge in [0.2, 0.25) is 0 Å². The summed E-state index contributed by atoms with van der Waals surface area (Å²) in [5.74, 6) is 0. The highest BCUT2D eigenvalue weighted by Gasteiger charge is 2.10. The minimum absolute atomic E-state index is 0.00938. The van der Waals surface area contributed by atoms with Gasteiger partial charge in [-0.15, -0.1) is 0 Å². The van der Waals surface area contributed by atoms with E-state index in [0.717, 1.165) is 0 Å². The fraction of sp³-hybridized carbons (Fsp3) is 0.100. The topological polar surface area (TPSA) is 67.5 Å². The van der Waals surface area contributed by atoms with Crippen molar-refractivity contribution < 1.29 is 4.92 Å². The lowest BCUT2D eigenvalue weighted by Gasteiger charge is -1.99. The third-order valence-corrected chi connectivity index (χ3v) is 1.64. The first kappa shape index (κ1) is 10.9. The molecule has 0 heterocycles. The number of hydrazone groups is 1. The molecule has 0 aliphatic rings. The zero-order valence-corrected chi connectivity index (χ0v) is 8.25. The van der Waals surface area contributed by atoms with Crippen LogP contribution in [0.2, 0.25) is 0 Å². The van der Waals surface area contributed by atoms with Crippen LogP contribution in [-0.4, -0.2) is 11.1 Å². The molecule has 0 spiro atoms. The van der Waals surface area contributed by atoms with Gasteiger partial charge < -0.3 is 0 Å². The van der Waals surface area contributed by atoms with E-state index in [4.69, 9.17) is 0 Å². The lowest BCUT2D eigenvalue weighted by atomic mass is 10.3. The number of anilines is 1. The Morgan fingerprint density at radius 2 is 2.20 bits per heavy atom. The van der Waals surface area contributed by atoms with Gasteiger partial charge in [-0.05, 0) is 19.1 Å².